The molecule has 4 rings (SSSR count). The summed E-state index contributed by atoms with van der Waals surface area (Å²) in [6.07, 6.45) is -9.32. The molecule has 1 aliphatic heterocycles. The molecule has 1 heterocycles. The van der Waals surface area contributed by atoms with Crippen molar-refractivity contribution in [2.24, 2.45) is 0 Å². The van der Waals surface area contributed by atoms with E-state index in [9.17, 15) is 39.6 Å². The second-order valence-electron chi connectivity index (χ2n) is 8.86. The van der Waals surface area contributed by atoms with Crippen molar-refractivity contribution in [1.29, 1.82) is 0 Å². The summed E-state index contributed by atoms with van der Waals surface area (Å²) in [7, 11) is -4.13. The average Bonchev–Trinajstić information content (AvgIpc) is 2.91. The first-order valence-corrected chi connectivity index (χ1v) is 14.8. The Bertz CT molecular complexity index is 1600. The summed E-state index contributed by atoms with van der Waals surface area (Å²) in [6, 6.07) is 12.3. The molecule has 1 N–H and O–H groups in total. The van der Waals surface area contributed by atoms with Crippen LogP contribution in [-0.4, -0.2) is 45.5 Å². The Balaban J connectivity index is 1.69. The first kappa shape index (κ1) is 31.7. The van der Waals surface area contributed by atoms with E-state index in [1.807, 2.05) is 0 Å². The molecule has 0 bridgehead atoms. The van der Waals surface area contributed by atoms with Crippen molar-refractivity contribution in [1.82, 2.24) is 4.90 Å². The van der Waals surface area contributed by atoms with E-state index in [0.29, 0.717) is 11.8 Å². The van der Waals surface area contributed by atoms with Gasteiger partial charge in [0.15, 0.2) is 0 Å². The summed E-state index contributed by atoms with van der Waals surface area (Å²) >= 11 is 6.23. The van der Waals surface area contributed by atoms with Crippen LogP contribution in [0.15, 0.2) is 81.4 Å². The van der Waals surface area contributed by atoms with Gasteiger partial charge in [-0.05, 0) is 54.1 Å². The van der Waals surface area contributed by atoms with Crippen LogP contribution in [0.1, 0.15) is 16.7 Å². The molecule has 42 heavy (non-hydrogen) atoms. The Morgan fingerprint density at radius 3 is 2.24 bits per heavy atom. The predicted molar refractivity (Wildman–Crippen MR) is 146 cm³/mol. The van der Waals surface area contributed by atoms with Gasteiger partial charge in [-0.25, -0.2) is 8.42 Å². The minimum atomic E-state index is -5.42. The van der Waals surface area contributed by atoms with E-state index in [2.05, 4.69) is 4.72 Å². The van der Waals surface area contributed by atoms with Gasteiger partial charge in [0.2, 0.25) is 5.91 Å². The van der Waals surface area contributed by atoms with Crippen LogP contribution in [0.5, 0.6) is 0 Å². The van der Waals surface area contributed by atoms with Gasteiger partial charge >= 0.3 is 12.4 Å². The van der Waals surface area contributed by atoms with Crippen LogP contribution in [0.25, 0.3) is 6.08 Å². The van der Waals surface area contributed by atoms with Gasteiger partial charge in [-0.3, -0.25) is 9.52 Å². The number of sulfonamides is 1. The van der Waals surface area contributed by atoms with Crippen LogP contribution in [0.2, 0.25) is 5.02 Å². The third-order valence-electron chi connectivity index (χ3n) is 5.91. The third kappa shape index (κ3) is 7.79. The van der Waals surface area contributed by atoms with Gasteiger partial charge in [-0.15, -0.1) is 0 Å². The van der Waals surface area contributed by atoms with Crippen molar-refractivity contribution < 1.29 is 44.3 Å². The molecule has 0 aromatic heterocycles. The molecule has 6 nitrogen and oxygen atoms in total. The van der Waals surface area contributed by atoms with E-state index in [-0.39, 0.29) is 46.8 Å². The maximum Gasteiger partial charge on any atom is 0.418 e. The molecule has 0 atom stereocenters. The predicted octanol–water partition coefficient (Wildman–Crippen LogP) is 7.20. The lowest BCUT2D eigenvalue weighted by Crippen LogP contribution is -2.39. The highest BCUT2D eigenvalue weighted by Crippen LogP contribution is 2.48. The Labute approximate surface area is 246 Å². The fourth-order valence-electron chi connectivity index (χ4n) is 4.06. The Morgan fingerprint density at radius 1 is 0.929 bits per heavy atom. The molecule has 0 saturated carbocycles. The van der Waals surface area contributed by atoms with E-state index in [1.54, 1.807) is 0 Å². The number of ether oxygens (including phenoxy) is 1. The molecular formula is C27H21ClF6N2O4S2. The maximum absolute atomic E-state index is 14.2. The highest BCUT2D eigenvalue weighted by Gasteiger charge is 2.46. The van der Waals surface area contributed by atoms with Gasteiger partial charge in [-0.1, -0.05) is 41.6 Å². The number of carbonyl (C=O) groups excluding carboxylic acids is 1. The number of carbonyl (C=O) groups is 1. The first-order chi connectivity index (χ1) is 19.6. The van der Waals surface area contributed by atoms with Crippen LogP contribution in [0.4, 0.5) is 32.0 Å². The molecule has 3 aromatic rings. The Kier molecular flexibility index (Phi) is 9.50. The van der Waals surface area contributed by atoms with Gasteiger partial charge in [0.1, 0.15) is 0 Å². The fourth-order valence-corrected chi connectivity index (χ4v) is 6.45. The summed E-state index contributed by atoms with van der Waals surface area (Å²) in [5.74, 6) is -0.657. The summed E-state index contributed by atoms with van der Waals surface area (Å²) in [5.41, 5.74) is -4.73. The molecule has 0 spiro atoms. The van der Waals surface area contributed by atoms with Crippen LogP contribution in [0.3, 0.4) is 0 Å². The van der Waals surface area contributed by atoms with Gasteiger partial charge in [0, 0.05) is 39.7 Å². The van der Waals surface area contributed by atoms with Crippen molar-refractivity contribution in [3.63, 3.8) is 0 Å². The SMILES string of the molecule is O=C(/C=C/c1ccc(Sc2cccc(NS(=O)(=O)c3cccc(Cl)c3)c2)c(C(F)(F)F)c1C(F)(F)F)N1CCOCC1. The standard InChI is InChI=1S/C27H21ClF6N2O4S2/c28-18-3-1-6-21(15-18)42(38,39)35-19-4-2-5-20(16-19)41-22-9-7-17(8-10-23(37)36-11-13-40-14-12-36)24(26(29,30)31)25(22)27(32,33)34/h1-10,15-16,35H,11-14H2/b10-8+. The van der Waals surface area contributed by atoms with E-state index in [4.69, 9.17) is 16.3 Å². The minimum absolute atomic E-state index is 0.0331. The lowest BCUT2D eigenvalue weighted by molar-refractivity contribution is -0.163. The van der Waals surface area contributed by atoms with E-state index in [1.165, 1.54) is 53.4 Å². The summed E-state index contributed by atoms with van der Waals surface area (Å²) in [5, 5.41) is 0.158. The summed E-state index contributed by atoms with van der Waals surface area (Å²) in [4.78, 5) is 12.8. The van der Waals surface area contributed by atoms with Crippen LogP contribution >= 0.6 is 23.4 Å². The number of anilines is 1. The molecule has 1 saturated heterocycles. The summed E-state index contributed by atoms with van der Waals surface area (Å²) in [6.45, 7) is 0.877. The molecule has 1 aliphatic rings. The number of hydrogen-bond acceptors (Lipinski definition) is 5. The number of rotatable bonds is 7. The number of benzene rings is 3. The van der Waals surface area contributed by atoms with Crippen LogP contribution < -0.4 is 4.72 Å². The second kappa shape index (κ2) is 12.6. The number of nitrogens with zero attached hydrogens (tertiary/aromatic N) is 1. The molecule has 0 radical (unpaired) electrons. The second-order valence-corrected chi connectivity index (χ2v) is 12.1. The molecular weight excluding hydrogens is 630 g/mol. The summed E-state index contributed by atoms with van der Waals surface area (Å²) < 4.78 is 118. The average molecular weight is 651 g/mol. The third-order valence-corrected chi connectivity index (χ3v) is 8.58. The Morgan fingerprint density at radius 2 is 1.60 bits per heavy atom. The van der Waals surface area contributed by atoms with Crippen molar-refractivity contribution in [3.8, 4) is 0 Å². The number of morpholine rings is 1. The molecule has 0 aliphatic carbocycles. The zero-order chi connectivity index (χ0) is 30.7. The molecule has 1 fully saturated rings. The smallest absolute Gasteiger partial charge is 0.378 e. The number of hydrogen-bond donors (Lipinski definition) is 1. The number of halogens is 7. The highest BCUT2D eigenvalue weighted by molar-refractivity contribution is 7.99. The number of amides is 1. The molecule has 224 valence electrons. The van der Waals surface area contributed by atoms with E-state index in [0.717, 1.165) is 24.3 Å². The topological polar surface area (TPSA) is 75.7 Å². The van der Waals surface area contributed by atoms with Gasteiger partial charge in [0.25, 0.3) is 10.0 Å². The quantitative estimate of drug-likeness (QED) is 0.216. The maximum atomic E-state index is 14.2. The lowest BCUT2D eigenvalue weighted by Gasteiger charge is -2.25. The fraction of sp³-hybridized carbons (Fsp3) is 0.222. The van der Waals surface area contributed by atoms with Gasteiger partial charge in [0.05, 0.1) is 29.2 Å². The molecule has 15 heteroatoms. The van der Waals surface area contributed by atoms with E-state index >= 15 is 0 Å². The number of nitrogens with one attached hydrogen (secondary N) is 1. The minimum Gasteiger partial charge on any atom is -0.378 e. The lowest BCUT2D eigenvalue weighted by atomic mass is 9.99. The first-order valence-electron chi connectivity index (χ1n) is 12.1. The largest absolute Gasteiger partial charge is 0.418 e. The molecule has 1 amide bonds. The van der Waals surface area contributed by atoms with E-state index < -0.39 is 49.9 Å². The van der Waals surface area contributed by atoms with Crippen LogP contribution in [0, 0.1) is 0 Å². The van der Waals surface area contributed by atoms with Gasteiger partial charge < -0.3 is 9.64 Å². The Hall–Kier alpha value is -3.20. The number of alkyl halides is 6. The highest BCUT2D eigenvalue weighted by atomic mass is 35.5. The molecule has 3 aromatic carbocycles. The monoisotopic (exact) mass is 650 g/mol. The van der Waals surface area contributed by atoms with Crippen LogP contribution in [-0.2, 0) is 31.9 Å². The normalized spacial score (nSPS) is 14.8. The van der Waals surface area contributed by atoms with Crippen molar-refractivity contribution in [3.05, 3.63) is 88.5 Å². The van der Waals surface area contributed by atoms with Crippen molar-refractivity contribution >= 4 is 51.1 Å². The van der Waals surface area contributed by atoms with Crippen molar-refractivity contribution in [2.45, 2.75) is 27.0 Å². The van der Waals surface area contributed by atoms with Crippen molar-refractivity contribution in [2.75, 3.05) is 31.0 Å². The van der Waals surface area contributed by atoms with Gasteiger partial charge in [-0.2, -0.15) is 26.3 Å². The zero-order valence-electron chi connectivity index (χ0n) is 21.3. The zero-order valence-corrected chi connectivity index (χ0v) is 23.7. The molecule has 0 unspecified atom stereocenters.